The lowest BCUT2D eigenvalue weighted by Crippen LogP contribution is -2.29. The zero-order valence-corrected chi connectivity index (χ0v) is 10.3. The molecule has 0 saturated carbocycles. The summed E-state index contributed by atoms with van der Waals surface area (Å²) in [7, 11) is 0. The first-order valence-electron chi connectivity index (χ1n) is 5.63. The molecule has 3 heteroatoms. The molecule has 0 atom stereocenters. The summed E-state index contributed by atoms with van der Waals surface area (Å²) in [6.07, 6.45) is 4.97. The van der Waals surface area contributed by atoms with Crippen molar-refractivity contribution in [1.82, 2.24) is 10.3 Å². The van der Waals surface area contributed by atoms with Crippen molar-refractivity contribution in [2.24, 2.45) is 5.41 Å². The predicted molar refractivity (Wildman–Crippen MR) is 65.0 cm³/mol. The highest BCUT2D eigenvalue weighted by molar-refractivity contribution is 5.76. The minimum Gasteiger partial charge on any atom is -0.356 e. The number of carbonyl (C=O) groups is 1. The van der Waals surface area contributed by atoms with Crippen molar-refractivity contribution >= 4 is 5.91 Å². The van der Waals surface area contributed by atoms with E-state index in [-0.39, 0.29) is 11.3 Å². The molecule has 0 aromatic carbocycles. The van der Waals surface area contributed by atoms with E-state index in [9.17, 15) is 4.79 Å². The van der Waals surface area contributed by atoms with Crippen LogP contribution in [0.4, 0.5) is 0 Å². The molecule has 0 fully saturated rings. The number of aromatic nitrogens is 1. The fourth-order valence-corrected chi connectivity index (χ4v) is 1.44. The molecular formula is C13H20N2O. The first-order chi connectivity index (χ1) is 7.47. The van der Waals surface area contributed by atoms with E-state index in [1.54, 1.807) is 12.4 Å². The summed E-state index contributed by atoms with van der Waals surface area (Å²) in [5, 5.41) is 2.93. The van der Waals surface area contributed by atoms with Crippen LogP contribution >= 0.6 is 0 Å². The lowest BCUT2D eigenvalue weighted by atomic mass is 9.92. The first kappa shape index (κ1) is 12.7. The lowest BCUT2D eigenvalue weighted by Gasteiger charge is -2.17. The maximum atomic E-state index is 11.5. The van der Waals surface area contributed by atoms with E-state index in [0.717, 1.165) is 6.42 Å². The van der Waals surface area contributed by atoms with Gasteiger partial charge in [-0.2, -0.15) is 0 Å². The van der Waals surface area contributed by atoms with Crippen molar-refractivity contribution in [3.8, 4) is 0 Å². The Morgan fingerprint density at radius 2 is 1.94 bits per heavy atom. The number of nitrogens with one attached hydrogen (secondary N) is 1. The van der Waals surface area contributed by atoms with Gasteiger partial charge in [-0.1, -0.05) is 20.8 Å². The SMILES string of the molecule is CC(C)(C)CC(=O)NCCc1ccncc1. The van der Waals surface area contributed by atoms with Crippen molar-refractivity contribution in [2.45, 2.75) is 33.6 Å². The molecule has 16 heavy (non-hydrogen) atoms. The van der Waals surface area contributed by atoms with E-state index in [0.29, 0.717) is 13.0 Å². The molecule has 1 amide bonds. The van der Waals surface area contributed by atoms with Crippen LogP contribution in [0.5, 0.6) is 0 Å². The largest absolute Gasteiger partial charge is 0.356 e. The second-order valence-corrected chi connectivity index (χ2v) is 5.19. The second kappa shape index (κ2) is 5.64. The van der Waals surface area contributed by atoms with Crippen molar-refractivity contribution in [1.29, 1.82) is 0 Å². The molecule has 0 radical (unpaired) electrons. The quantitative estimate of drug-likeness (QED) is 0.845. The van der Waals surface area contributed by atoms with Gasteiger partial charge < -0.3 is 5.32 Å². The van der Waals surface area contributed by atoms with Crippen LogP contribution in [-0.4, -0.2) is 17.4 Å². The van der Waals surface area contributed by atoms with Gasteiger partial charge in [0.1, 0.15) is 0 Å². The van der Waals surface area contributed by atoms with Gasteiger partial charge in [-0.25, -0.2) is 0 Å². The van der Waals surface area contributed by atoms with Gasteiger partial charge in [0.2, 0.25) is 5.91 Å². The summed E-state index contributed by atoms with van der Waals surface area (Å²) in [5.41, 5.74) is 1.26. The zero-order chi connectivity index (χ0) is 12.0. The Morgan fingerprint density at radius 3 is 2.50 bits per heavy atom. The Bertz CT molecular complexity index is 328. The summed E-state index contributed by atoms with van der Waals surface area (Å²) >= 11 is 0. The van der Waals surface area contributed by atoms with Crippen LogP contribution in [0.2, 0.25) is 0 Å². The van der Waals surface area contributed by atoms with Crippen LogP contribution < -0.4 is 5.32 Å². The smallest absolute Gasteiger partial charge is 0.220 e. The van der Waals surface area contributed by atoms with Crippen LogP contribution in [0.15, 0.2) is 24.5 Å². The fraction of sp³-hybridized carbons (Fsp3) is 0.538. The van der Waals surface area contributed by atoms with Crippen LogP contribution in [0.25, 0.3) is 0 Å². The molecule has 1 aromatic rings. The van der Waals surface area contributed by atoms with Crippen molar-refractivity contribution in [2.75, 3.05) is 6.54 Å². The van der Waals surface area contributed by atoms with Gasteiger partial charge >= 0.3 is 0 Å². The van der Waals surface area contributed by atoms with Gasteiger partial charge in [-0.15, -0.1) is 0 Å². The third kappa shape index (κ3) is 5.49. The summed E-state index contributed by atoms with van der Waals surface area (Å²) in [5.74, 6) is 0.126. The molecule has 0 aliphatic heterocycles. The monoisotopic (exact) mass is 220 g/mol. The zero-order valence-electron chi connectivity index (χ0n) is 10.3. The number of hydrogen-bond acceptors (Lipinski definition) is 2. The van der Waals surface area contributed by atoms with Crippen molar-refractivity contribution in [3.63, 3.8) is 0 Å². The Balaban J connectivity index is 2.24. The van der Waals surface area contributed by atoms with Gasteiger partial charge in [-0.05, 0) is 29.5 Å². The maximum Gasteiger partial charge on any atom is 0.220 e. The van der Waals surface area contributed by atoms with E-state index in [2.05, 4.69) is 31.1 Å². The van der Waals surface area contributed by atoms with Gasteiger partial charge in [0.05, 0.1) is 0 Å². The number of nitrogens with zero attached hydrogens (tertiary/aromatic N) is 1. The van der Waals surface area contributed by atoms with Gasteiger partial charge in [0.15, 0.2) is 0 Å². The van der Waals surface area contributed by atoms with E-state index in [1.807, 2.05) is 12.1 Å². The number of amides is 1. The average molecular weight is 220 g/mol. The molecular weight excluding hydrogens is 200 g/mol. The van der Waals surface area contributed by atoms with E-state index in [1.165, 1.54) is 5.56 Å². The van der Waals surface area contributed by atoms with E-state index < -0.39 is 0 Å². The fourth-order valence-electron chi connectivity index (χ4n) is 1.44. The standard InChI is InChI=1S/C13H20N2O/c1-13(2,3)10-12(16)15-9-6-11-4-7-14-8-5-11/h4-5,7-8H,6,9-10H2,1-3H3,(H,15,16). The molecule has 1 N–H and O–H groups in total. The normalized spacial score (nSPS) is 11.2. The average Bonchev–Trinajstić information content (AvgIpc) is 2.16. The first-order valence-corrected chi connectivity index (χ1v) is 5.63. The minimum atomic E-state index is 0.0563. The molecule has 0 saturated heterocycles. The minimum absolute atomic E-state index is 0.0563. The van der Waals surface area contributed by atoms with Crippen LogP contribution in [0, 0.1) is 5.41 Å². The molecule has 1 aromatic heterocycles. The van der Waals surface area contributed by atoms with Crippen LogP contribution in [0.1, 0.15) is 32.8 Å². The van der Waals surface area contributed by atoms with Crippen molar-refractivity contribution in [3.05, 3.63) is 30.1 Å². The van der Waals surface area contributed by atoms with E-state index >= 15 is 0 Å². The molecule has 0 spiro atoms. The highest BCUT2D eigenvalue weighted by Crippen LogP contribution is 2.17. The van der Waals surface area contributed by atoms with Crippen LogP contribution in [-0.2, 0) is 11.2 Å². The summed E-state index contributed by atoms with van der Waals surface area (Å²) in [4.78, 5) is 15.5. The van der Waals surface area contributed by atoms with Gasteiger partial charge in [0, 0.05) is 25.4 Å². The van der Waals surface area contributed by atoms with E-state index in [4.69, 9.17) is 0 Å². The molecule has 0 aliphatic rings. The number of pyridine rings is 1. The molecule has 1 rings (SSSR count). The summed E-state index contributed by atoms with van der Waals surface area (Å²) in [6.45, 7) is 6.89. The Kier molecular flexibility index (Phi) is 4.47. The highest BCUT2D eigenvalue weighted by Gasteiger charge is 2.15. The Morgan fingerprint density at radius 1 is 1.31 bits per heavy atom. The van der Waals surface area contributed by atoms with Crippen molar-refractivity contribution < 1.29 is 4.79 Å². The number of carbonyl (C=O) groups excluding carboxylic acids is 1. The molecule has 0 bridgehead atoms. The van der Waals surface area contributed by atoms with Crippen LogP contribution in [0.3, 0.4) is 0 Å². The van der Waals surface area contributed by atoms with Gasteiger partial charge in [-0.3, -0.25) is 9.78 Å². The predicted octanol–water partition coefficient (Wildman–Crippen LogP) is 2.18. The Labute approximate surface area is 97.3 Å². The molecule has 88 valence electrons. The maximum absolute atomic E-state index is 11.5. The summed E-state index contributed by atoms with van der Waals surface area (Å²) < 4.78 is 0. The number of hydrogen-bond donors (Lipinski definition) is 1. The molecule has 0 unspecified atom stereocenters. The third-order valence-corrected chi connectivity index (χ3v) is 2.18. The Hall–Kier alpha value is -1.38. The van der Waals surface area contributed by atoms with Gasteiger partial charge in [0.25, 0.3) is 0 Å². The second-order valence-electron chi connectivity index (χ2n) is 5.19. The topological polar surface area (TPSA) is 42.0 Å². The summed E-state index contributed by atoms with van der Waals surface area (Å²) in [6, 6.07) is 3.94. The molecule has 0 aliphatic carbocycles. The molecule has 3 nitrogen and oxygen atoms in total. The number of rotatable bonds is 4. The molecule has 1 heterocycles. The highest BCUT2D eigenvalue weighted by atomic mass is 16.1. The lowest BCUT2D eigenvalue weighted by molar-refractivity contribution is -0.122. The third-order valence-electron chi connectivity index (χ3n) is 2.18.